The van der Waals surface area contributed by atoms with Crippen molar-refractivity contribution in [3.8, 4) is 0 Å². The summed E-state index contributed by atoms with van der Waals surface area (Å²) in [4.78, 5) is 30.9. The van der Waals surface area contributed by atoms with Crippen molar-refractivity contribution in [2.24, 2.45) is 16.7 Å². The number of rotatable bonds is 10. The van der Waals surface area contributed by atoms with Gasteiger partial charge in [-0.25, -0.2) is 4.79 Å². The van der Waals surface area contributed by atoms with Gasteiger partial charge in [-0.2, -0.15) is 0 Å². The Hall–Kier alpha value is -2.16. The van der Waals surface area contributed by atoms with Crippen molar-refractivity contribution in [3.05, 3.63) is 35.9 Å². The number of esters is 1. The predicted molar refractivity (Wildman–Crippen MR) is 172 cm³/mol. The van der Waals surface area contributed by atoms with Gasteiger partial charge in [0.05, 0.1) is 25.2 Å². The second-order valence-electron chi connectivity index (χ2n) is 16.4. The molecule has 1 aliphatic heterocycles. The van der Waals surface area contributed by atoms with E-state index in [4.69, 9.17) is 18.9 Å². The van der Waals surface area contributed by atoms with Crippen molar-refractivity contribution in [2.75, 3.05) is 20.2 Å². The molecule has 3 aliphatic rings. The molecule has 1 saturated heterocycles. The van der Waals surface area contributed by atoms with Crippen molar-refractivity contribution >= 4 is 12.1 Å². The Morgan fingerprint density at radius 2 is 1.66 bits per heavy atom. The van der Waals surface area contributed by atoms with Gasteiger partial charge in [0.1, 0.15) is 16.9 Å². The molecule has 44 heavy (non-hydrogen) atoms. The maximum atomic E-state index is 13.5. The fraction of sp³-hybridized carbons (Fsp3) is 0.778. The lowest BCUT2D eigenvalue weighted by molar-refractivity contribution is -0.157. The normalized spacial score (nSPS) is 28.4. The quantitative estimate of drug-likeness (QED) is 0.258. The summed E-state index contributed by atoms with van der Waals surface area (Å²) < 4.78 is 24.4. The topological polar surface area (TPSA) is 77.5 Å². The maximum absolute atomic E-state index is 13.5. The number of carbonyl (C=O) groups excluding carboxylic acids is 2. The molecule has 0 spiro atoms. The van der Waals surface area contributed by atoms with Gasteiger partial charge in [0.25, 0.3) is 0 Å². The molecule has 2 bridgehead atoms. The van der Waals surface area contributed by atoms with E-state index in [1.54, 1.807) is 4.90 Å². The van der Waals surface area contributed by atoms with Crippen LogP contribution in [0.3, 0.4) is 0 Å². The van der Waals surface area contributed by atoms with Gasteiger partial charge >= 0.3 is 12.1 Å². The minimum absolute atomic E-state index is 0.0360. The molecule has 2 aliphatic carbocycles. The molecular weight excluding hydrogens is 556 g/mol. The molecule has 1 aromatic rings. The lowest BCUT2D eigenvalue weighted by Crippen LogP contribution is -2.52. The van der Waals surface area contributed by atoms with Gasteiger partial charge in [-0.05, 0) is 98.0 Å². The van der Waals surface area contributed by atoms with Crippen LogP contribution in [-0.4, -0.2) is 77.2 Å². The maximum Gasteiger partial charge on any atom is 0.412 e. The molecule has 0 radical (unpaired) electrons. The molecular formula is C36H58N2O6. The van der Waals surface area contributed by atoms with E-state index in [1.807, 2.05) is 68.6 Å². The summed E-state index contributed by atoms with van der Waals surface area (Å²) in [7, 11) is 1.85. The second-order valence-corrected chi connectivity index (χ2v) is 16.4. The van der Waals surface area contributed by atoms with Crippen LogP contribution in [0.1, 0.15) is 107 Å². The lowest BCUT2D eigenvalue weighted by atomic mass is 9.67. The number of hydrogen-bond donors (Lipinski definition) is 0. The number of ether oxygens (including phenoxy) is 4. The number of nitrogens with zero attached hydrogens (tertiary/aromatic N) is 2. The SMILES string of the molecule is CO[C@@H]1C[C@H]2CC[C@]1(CN(Cc1ccccc1)[C@@H](CC(=O)OC(C)(C)C)C[C@H]1CN(C(=O)OC(C)(C)C)C(C)(C)O1)C2(C)C. The smallest absolute Gasteiger partial charge is 0.412 e. The van der Waals surface area contributed by atoms with Crippen molar-refractivity contribution in [3.63, 3.8) is 0 Å². The fourth-order valence-corrected chi connectivity index (χ4v) is 8.10. The summed E-state index contributed by atoms with van der Waals surface area (Å²) in [6, 6.07) is 10.3. The average Bonchev–Trinajstić information content (AvgIpc) is 3.40. The highest BCUT2D eigenvalue weighted by molar-refractivity contribution is 5.71. The van der Waals surface area contributed by atoms with E-state index in [9.17, 15) is 9.59 Å². The zero-order chi connectivity index (χ0) is 32.7. The molecule has 1 aromatic carbocycles. The molecule has 2 saturated carbocycles. The van der Waals surface area contributed by atoms with E-state index in [1.165, 1.54) is 12.0 Å². The number of hydrogen-bond acceptors (Lipinski definition) is 7. The minimum atomic E-state index is -0.834. The van der Waals surface area contributed by atoms with Crippen molar-refractivity contribution in [1.29, 1.82) is 0 Å². The van der Waals surface area contributed by atoms with Crippen LogP contribution in [0.4, 0.5) is 4.79 Å². The van der Waals surface area contributed by atoms with Crippen LogP contribution in [-0.2, 0) is 30.3 Å². The van der Waals surface area contributed by atoms with Crippen LogP contribution >= 0.6 is 0 Å². The summed E-state index contributed by atoms with van der Waals surface area (Å²) in [5, 5.41) is 0. The standard InChI is InChI=1S/C36H58N2O6/c1-32(2,3)43-30(39)21-27(20-28-23-38(35(9,10)42-28)31(40)44-33(4,5)6)37(22-25-15-13-12-14-16-25)24-36-18-17-26(34(36,7)8)19-29(36)41-11/h12-16,26-29H,17-24H2,1-11H3/t26-,27-,28+,29-,36-/m1/s1. The Kier molecular flexibility index (Phi) is 9.91. The summed E-state index contributed by atoms with van der Waals surface area (Å²) >= 11 is 0. The first kappa shape index (κ1) is 34.7. The third kappa shape index (κ3) is 7.61. The second kappa shape index (κ2) is 12.6. The Morgan fingerprint density at radius 3 is 2.23 bits per heavy atom. The first-order valence-corrected chi connectivity index (χ1v) is 16.5. The highest BCUT2D eigenvalue weighted by atomic mass is 16.6. The Bertz CT molecular complexity index is 1150. The Balaban J connectivity index is 1.68. The van der Waals surface area contributed by atoms with Gasteiger partial charge in [-0.1, -0.05) is 44.2 Å². The molecule has 8 heteroatoms. The van der Waals surface area contributed by atoms with Gasteiger partial charge < -0.3 is 18.9 Å². The van der Waals surface area contributed by atoms with Crippen molar-refractivity contribution in [2.45, 2.75) is 143 Å². The number of amides is 1. The van der Waals surface area contributed by atoms with E-state index < -0.39 is 16.9 Å². The van der Waals surface area contributed by atoms with Crippen LogP contribution in [0.25, 0.3) is 0 Å². The average molecular weight is 615 g/mol. The zero-order valence-electron chi connectivity index (χ0n) is 29.2. The largest absolute Gasteiger partial charge is 0.460 e. The highest BCUT2D eigenvalue weighted by Gasteiger charge is 2.65. The van der Waals surface area contributed by atoms with E-state index in [0.717, 1.165) is 19.4 Å². The molecule has 0 aromatic heterocycles. The number of carbonyl (C=O) groups is 2. The van der Waals surface area contributed by atoms with Crippen LogP contribution < -0.4 is 0 Å². The predicted octanol–water partition coefficient (Wildman–Crippen LogP) is 7.19. The molecule has 4 rings (SSSR count). The van der Waals surface area contributed by atoms with Gasteiger partial charge in [0, 0.05) is 31.7 Å². The summed E-state index contributed by atoms with van der Waals surface area (Å²) in [6.07, 6.45) is 3.69. The number of fused-ring (bicyclic) bond motifs is 2. The molecule has 0 unspecified atom stereocenters. The summed E-state index contributed by atoms with van der Waals surface area (Å²) in [5.74, 6) is 0.397. The van der Waals surface area contributed by atoms with Gasteiger partial charge in [-0.15, -0.1) is 0 Å². The van der Waals surface area contributed by atoms with Crippen LogP contribution in [0.5, 0.6) is 0 Å². The van der Waals surface area contributed by atoms with E-state index in [-0.39, 0.29) is 47.6 Å². The first-order chi connectivity index (χ1) is 20.3. The minimum Gasteiger partial charge on any atom is -0.460 e. The molecule has 0 N–H and O–H groups in total. The molecule has 1 heterocycles. The van der Waals surface area contributed by atoms with E-state index in [0.29, 0.717) is 25.4 Å². The first-order valence-electron chi connectivity index (χ1n) is 16.5. The summed E-state index contributed by atoms with van der Waals surface area (Å²) in [6.45, 7) is 21.9. The molecule has 8 nitrogen and oxygen atoms in total. The number of methoxy groups -OCH3 is 1. The van der Waals surface area contributed by atoms with E-state index in [2.05, 4.69) is 43.0 Å². The Labute approximate surface area is 266 Å². The van der Waals surface area contributed by atoms with Gasteiger partial charge in [-0.3, -0.25) is 14.6 Å². The third-order valence-electron chi connectivity index (χ3n) is 10.3. The summed E-state index contributed by atoms with van der Waals surface area (Å²) in [5.41, 5.74) is -0.761. The van der Waals surface area contributed by atoms with Crippen LogP contribution in [0.2, 0.25) is 0 Å². The zero-order valence-corrected chi connectivity index (χ0v) is 29.2. The van der Waals surface area contributed by atoms with Crippen LogP contribution in [0, 0.1) is 16.7 Å². The molecule has 1 amide bonds. The highest BCUT2D eigenvalue weighted by Crippen LogP contribution is 2.66. The molecule has 248 valence electrons. The third-order valence-corrected chi connectivity index (χ3v) is 10.3. The van der Waals surface area contributed by atoms with Gasteiger partial charge in [0.15, 0.2) is 0 Å². The van der Waals surface area contributed by atoms with Crippen LogP contribution in [0.15, 0.2) is 30.3 Å². The molecule has 5 atom stereocenters. The molecule has 3 fully saturated rings. The van der Waals surface area contributed by atoms with E-state index >= 15 is 0 Å². The Morgan fingerprint density at radius 1 is 1.02 bits per heavy atom. The number of benzene rings is 1. The van der Waals surface area contributed by atoms with Gasteiger partial charge in [0.2, 0.25) is 0 Å². The lowest BCUT2D eigenvalue weighted by Gasteiger charge is -2.47. The van der Waals surface area contributed by atoms with Crippen molar-refractivity contribution < 1.29 is 28.5 Å². The monoisotopic (exact) mass is 614 g/mol. The van der Waals surface area contributed by atoms with Crippen molar-refractivity contribution in [1.82, 2.24) is 9.80 Å². The fourth-order valence-electron chi connectivity index (χ4n) is 8.10.